The minimum Gasteiger partial charge on any atom is -0.481 e. The van der Waals surface area contributed by atoms with Crippen molar-refractivity contribution in [3.8, 4) is 0 Å². The first-order valence-electron chi connectivity index (χ1n) is 6.42. The molecule has 0 fully saturated rings. The Bertz CT molecular complexity index is 410. The largest absolute Gasteiger partial charge is 0.481 e. The number of urea groups is 1. The number of hydrogen-bond donors (Lipinski definition) is 5. The lowest BCUT2D eigenvalue weighted by atomic mass is 10.2. The van der Waals surface area contributed by atoms with Crippen LogP contribution in [-0.4, -0.2) is 52.7 Å². The van der Waals surface area contributed by atoms with Crippen molar-refractivity contribution < 1.29 is 29.4 Å². The Hall–Kier alpha value is -2.32. The highest BCUT2D eigenvalue weighted by Crippen LogP contribution is 1.94. The van der Waals surface area contributed by atoms with E-state index < -0.39 is 42.4 Å². The van der Waals surface area contributed by atoms with Gasteiger partial charge in [0.1, 0.15) is 12.1 Å². The van der Waals surface area contributed by atoms with Crippen LogP contribution in [0.5, 0.6) is 0 Å². The van der Waals surface area contributed by atoms with Crippen molar-refractivity contribution in [1.29, 1.82) is 0 Å². The van der Waals surface area contributed by atoms with Crippen LogP contribution in [0.25, 0.3) is 0 Å². The molecule has 5 N–H and O–H groups in total. The van der Waals surface area contributed by atoms with Gasteiger partial charge < -0.3 is 26.2 Å². The van der Waals surface area contributed by atoms with Gasteiger partial charge in [-0.3, -0.25) is 9.59 Å². The molecule has 0 saturated carbocycles. The molecule has 0 aromatic carbocycles. The molecule has 120 valence electrons. The van der Waals surface area contributed by atoms with Crippen molar-refractivity contribution in [2.45, 2.75) is 39.3 Å². The fraction of sp³-hybridized carbons (Fsp3) is 0.667. The predicted octanol–water partition coefficient (Wildman–Crippen LogP) is -0.626. The average molecular weight is 303 g/mol. The van der Waals surface area contributed by atoms with Crippen molar-refractivity contribution in [2.75, 3.05) is 6.54 Å². The molecule has 0 aromatic heterocycles. The molecule has 2 atom stereocenters. The van der Waals surface area contributed by atoms with Gasteiger partial charge in [0.05, 0.1) is 6.42 Å². The quantitative estimate of drug-likeness (QED) is 0.404. The minimum atomic E-state index is -1.56. The van der Waals surface area contributed by atoms with Crippen LogP contribution >= 0.6 is 0 Å². The molecule has 9 nitrogen and oxygen atoms in total. The van der Waals surface area contributed by atoms with E-state index in [1.807, 2.05) is 19.2 Å². The zero-order chi connectivity index (χ0) is 16.6. The fourth-order valence-electron chi connectivity index (χ4n) is 1.29. The van der Waals surface area contributed by atoms with Crippen molar-refractivity contribution in [1.82, 2.24) is 16.0 Å². The van der Waals surface area contributed by atoms with E-state index in [9.17, 15) is 19.2 Å². The summed E-state index contributed by atoms with van der Waals surface area (Å²) in [6.07, 6.45) is -0.753. The highest BCUT2D eigenvalue weighted by Gasteiger charge is 2.24. The molecule has 0 aliphatic carbocycles. The van der Waals surface area contributed by atoms with E-state index in [1.54, 1.807) is 0 Å². The highest BCUT2D eigenvalue weighted by molar-refractivity contribution is 5.89. The van der Waals surface area contributed by atoms with Gasteiger partial charge in [-0.2, -0.15) is 0 Å². The van der Waals surface area contributed by atoms with Crippen LogP contribution in [0.3, 0.4) is 0 Å². The number of carbonyl (C=O) groups is 4. The average Bonchev–Trinajstić information content (AvgIpc) is 2.33. The van der Waals surface area contributed by atoms with Gasteiger partial charge in [0, 0.05) is 6.54 Å². The van der Waals surface area contributed by atoms with Gasteiger partial charge in [-0.05, 0) is 12.8 Å². The van der Waals surface area contributed by atoms with Gasteiger partial charge in [-0.15, -0.1) is 0 Å². The van der Waals surface area contributed by atoms with E-state index >= 15 is 0 Å². The standard InChI is InChI=1S/C12H21N3O6/c1-6(2)5-13-10(18)7(3)14-12(21)15-8(11(19)20)4-9(16)17/h6-8H,4-5H2,1-3H3,(H,13,18)(H,16,17)(H,19,20)(H2,14,15,21). The number of amides is 3. The molecule has 0 radical (unpaired) electrons. The molecule has 3 amide bonds. The summed E-state index contributed by atoms with van der Waals surface area (Å²) >= 11 is 0. The van der Waals surface area contributed by atoms with E-state index in [0.29, 0.717) is 6.54 Å². The van der Waals surface area contributed by atoms with Crippen LogP contribution in [0.2, 0.25) is 0 Å². The number of carbonyl (C=O) groups excluding carboxylic acids is 2. The number of nitrogens with one attached hydrogen (secondary N) is 3. The second-order valence-electron chi connectivity index (χ2n) is 4.97. The Balaban J connectivity index is 4.36. The monoisotopic (exact) mass is 303 g/mol. The first-order chi connectivity index (χ1) is 9.63. The molecule has 2 unspecified atom stereocenters. The van der Waals surface area contributed by atoms with Gasteiger partial charge in [0.2, 0.25) is 5.91 Å². The van der Waals surface area contributed by atoms with Gasteiger partial charge in [-0.1, -0.05) is 13.8 Å². The predicted molar refractivity (Wildman–Crippen MR) is 72.7 cm³/mol. The molecule has 21 heavy (non-hydrogen) atoms. The van der Waals surface area contributed by atoms with Gasteiger partial charge in [0.25, 0.3) is 0 Å². The second-order valence-corrected chi connectivity index (χ2v) is 4.97. The van der Waals surface area contributed by atoms with Gasteiger partial charge in [0.15, 0.2) is 0 Å². The summed E-state index contributed by atoms with van der Waals surface area (Å²) in [5, 5.41) is 24.1. The van der Waals surface area contributed by atoms with Crippen LogP contribution < -0.4 is 16.0 Å². The van der Waals surface area contributed by atoms with Crippen molar-refractivity contribution in [3.05, 3.63) is 0 Å². The summed E-state index contributed by atoms with van der Waals surface area (Å²) < 4.78 is 0. The first-order valence-corrected chi connectivity index (χ1v) is 6.42. The maximum Gasteiger partial charge on any atom is 0.326 e. The van der Waals surface area contributed by atoms with Crippen LogP contribution in [0.15, 0.2) is 0 Å². The molecule has 0 rings (SSSR count). The number of carboxylic acid groups (broad SMARTS) is 2. The van der Waals surface area contributed by atoms with E-state index in [1.165, 1.54) is 6.92 Å². The molecule has 9 heteroatoms. The van der Waals surface area contributed by atoms with Crippen molar-refractivity contribution in [3.63, 3.8) is 0 Å². The summed E-state index contributed by atoms with van der Waals surface area (Å²) in [6, 6.07) is -3.35. The number of aliphatic carboxylic acids is 2. The number of rotatable bonds is 8. The molecule has 0 heterocycles. The SMILES string of the molecule is CC(C)CNC(=O)C(C)NC(=O)NC(CC(=O)O)C(=O)O. The van der Waals surface area contributed by atoms with E-state index in [2.05, 4.69) is 10.6 Å². The molecule has 0 aliphatic heterocycles. The Morgan fingerprint density at radius 3 is 2.00 bits per heavy atom. The second kappa shape index (κ2) is 8.77. The number of carboxylic acids is 2. The van der Waals surface area contributed by atoms with Gasteiger partial charge in [-0.25, -0.2) is 9.59 Å². The molecule has 0 aliphatic rings. The Kier molecular flexibility index (Phi) is 7.80. The topological polar surface area (TPSA) is 145 Å². The lowest BCUT2D eigenvalue weighted by molar-refractivity contribution is -0.145. The van der Waals surface area contributed by atoms with E-state index in [0.717, 1.165) is 0 Å². The van der Waals surface area contributed by atoms with E-state index in [-0.39, 0.29) is 5.92 Å². The molecule has 0 aromatic rings. The van der Waals surface area contributed by atoms with Crippen LogP contribution in [0.4, 0.5) is 4.79 Å². The van der Waals surface area contributed by atoms with Crippen LogP contribution in [0.1, 0.15) is 27.2 Å². The van der Waals surface area contributed by atoms with Crippen molar-refractivity contribution in [2.24, 2.45) is 5.92 Å². The summed E-state index contributed by atoms with van der Waals surface area (Å²) in [5.74, 6) is -2.99. The summed E-state index contributed by atoms with van der Waals surface area (Å²) in [4.78, 5) is 44.4. The normalized spacial score (nSPS) is 13.1. The summed E-state index contributed by atoms with van der Waals surface area (Å²) in [6.45, 7) is 5.70. The molecule has 0 spiro atoms. The number of hydrogen-bond acceptors (Lipinski definition) is 4. The van der Waals surface area contributed by atoms with Crippen LogP contribution in [0, 0.1) is 5.92 Å². The third-order valence-corrected chi connectivity index (χ3v) is 2.41. The lowest BCUT2D eigenvalue weighted by Crippen LogP contribution is -2.52. The summed E-state index contributed by atoms with van der Waals surface area (Å²) in [5.41, 5.74) is 0. The molecular weight excluding hydrogens is 282 g/mol. The van der Waals surface area contributed by atoms with Gasteiger partial charge >= 0.3 is 18.0 Å². The summed E-state index contributed by atoms with van der Waals surface area (Å²) in [7, 11) is 0. The molecular formula is C12H21N3O6. The Morgan fingerprint density at radius 2 is 1.57 bits per heavy atom. The zero-order valence-electron chi connectivity index (χ0n) is 12.2. The zero-order valence-corrected chi connectivity index (χ0v) is 12.2. The molecule has 0 bridgehead atoms. The Labute approximate surface area is 122 Å². The minimum absolute atomic E-state index is 0.252. The maximum absolute atomic E-state index is 11.6. The molecule has 0 saturated heterocycles. The van der Waals surface area contributed by atoms with Crippen molar-refractivity contribution >= 4 is 23.9 Å². The third-order valence-electron chi connectivity index (χ3n) is 2.41. The first kappa shape index (κ1) is 18.7. The lowest BCUT2D eigenvalue weighted by Gasteiger charge is -2.17. The maximum atomic E-state index is 11.6. The van der Waals surface area contributed by atoms with Crippen LogP contribution in [-0.2, 0) is 14.4 Å². The fourth-order valence-corrected chi connectivity index (χ4v) is 1.29. The highest BCUT2D eigenvalue weighted by atomic mass is 16.4. The smallest absolute Gasteiger partial charge is 0.326 e. The third kappa shape index (κ3) is 8.45. The van der Waals surface area contributed by atoms with E-state index in [4.69, 9.17) is 10.2 Å². The Morgan fingerprint density at radius 1 is 1.00 bits per heavy atom.